The van der Waals surface area contributed by atoms with Crippen molar-refractivity contribution < 1.29 is 18.7 Å². The highest BCUT2D eigenvalue weighted by atomic mass is 19.1. The molecule has 10 heteroatoms. The highest BCUT2D eigenvalue weighted by molar-refractivity contribution is 6.01. The molecule has 4 rings (SSSR count). The van der Waals surface area contributed by atoms with Crippen molar-refractivity contribution in [1.82, 2.24) is 25.5 Å². The van der Waals surface area contributed by atoms with Crippen LogP contribution >= 0.6 is 0 Å². The molecule has 9 nitrogen and oxygen atoms in total. The predicted molar refractivity (Wildman–Crippen MR) is 128 cm³/mol. The van der Waals surface area contributed by atoms with Crippen LogP contribution in [0.15, 0.2) is 48.5 Å². The van der Waals surface area contributed by atoms with Crippen molar-refractivity contribution in [2.75, 3.05) is 11.5 Å². The van der Waals surface area contributed by atoms with Gasteiger partial charge >= 0.3 is 0 Å². The number of tetrazole rings is 1. The second-order valence-electron chi connectivity index (χ2n) is 8.48. The molecule has 1 N–H and O–H groups in total. The zero-order valence-corrected chi connectivity index (χ0v) is 19.9. The standard InChI is InChI=1S/C25H29FN6O3/c1-3-35-22-11-7-6-10-21(22)32(17(2)25(34)27-20-8-4-5-9-20)23(33)16-31-29-24(28-30-31)18-12-14-19(26)15-13-18/h6-7,10-15,17,20H,3-5,8-9,16H2,1-2H3,(H,27,34)/t17-/m0/s1. The van der Waals surface area contributed by atoms with Crippen LogP contribution < -0.4 is 15.0 Å². The van der Waals surface area contributed by atoms with E-state index in [4.69, 9.17) is 4.74 Å². The van der Waals surface area contributed by atoms with Crippen molar-refractivity contribution in [2.45, 2.75) is 58.2 Å². The number of nitrogens with zero attached hydrogens (tertiary/aromatic N) is 5. The molecule has 0 bridgehead atoms. The molecule has 184 valence electrons. The fourth-order valence-corrected chi connectivity index (χ4v) is 4.22. The third kappa shape index (κ3) is 5.82. The molecule has 0 spiro atoms. The van der Waals surface area contributed by atoms with Gasteiger partial charge in [0.1, 0.15) is 24.2 Å². The van der Waals surface area contributed by atoms with Crippen molar-refractivity contribution in [3.05, 3.63) is 54.3 Å². The number of hydrogen-bond acceptors (Lipinski definition) is 6. The Morgan fingerprint density at radius 3 is 2.60 bits per heavy atom. The van der Waals surface area contributed by atoms with Crippen LogP contribution in [-0.4, -0.2) is 50.7 Å². The second-order valence-corrected chi connectivity index (χ2v) is 8.48. The van der Waals surface area contributed by atoms with Gasteiger partial charge in [-0.3, -0.25) is 14.5 Å². The van der Waals surface area contributed by atoms with Gasteiger partial charge in [0.05, 0.1) is 12.3 Å². The van der Waals surface area contributed by atoms with Crippen molar-refractivity contribution in [3.8, 4) is 17.1 Å². The van der Waals surface area contributed by atoms with Gasteiger partial charge < -0.3 is 10.1 Å². The number of benzene rings is 2. The Morgan fingerprint density at radius 2 is 1.89 bits per heavy atom. The number of anilines is 1. The van der Waals surface area contributed by atoms with Crippen molar-refractivity contribution in [1.29, 1.82) is 0 Å². The van der Waals surface area contributed by atoms with E-state index in [9.17, 15) is 14.0 Å². The van der Waals surface area contributed by atoms with Gasteiger partial charge in [0, 0.05) is 11.6 Å². The maximum atomic E-state index is 13.6. The summed E-state index contributed by atoms with van der Waals surface area (Å²) in [6.07, 6.45) is 4.06. The molecule has 0 radical (unpaired) electrons. The number of para-hydroxylation sites is 2. The Hall–Kier alpha value is -3.82. The minimum absolute atomic E-state index is 0.124. The lowest BCUT2D eigenvalue weighted by atomic mass is 10.1. The summed E-state index contributed by atoms with van der Waals surface area (Å²) in [4.78, 5) is 29.3. The number of carbonyl (C=O) groups excluding carboxylic acids is 2. The van der Waals surface area contributed by atoms with Crippen molar-refractivity contribution in [2.24, 2.45) is 0 Å². The molecule has 1 aliphatic carbocycles. The van der Waals surface area contributed by atoms with Crippen LogP contribution in [0.2, 0.25) is 0 Å². The van der Waals surface area contributed by atoms with E-state index < -0.39 is 11.9 Å². The van der Waals surface area contributed by atoms with Crippen LogP contribution in [0, 0.1) is 5.82 Å². The topological polar surface area (TPSA) is 102 Å². The lowest BCUT2D eigenvalue weighted by Gasteiger charge is -2.30. The van der Waals surface area contributed by atoms with Gasteiger partial charge in [-0.05, 0) is 68.3 Å². The first-order valence-corrected chi connectivity index (χ1v) is 11.8. The summed E-state index contributed by atoms with van der Waals surface area (Å²) in [6.45, 7) is 3.72. The largest absolute Gasteiger partial charge is 0.492 e. The first-order chi connectivity index (χ1) is 17.0. The lowest BCUT2D eigenvalue weighted by molar-refractivity contribution is -0.127. The molecule has 1 fully saturated rings. The van der Waals surface area contributed by atoms with Crippen LogP contribution in [0.1, 0.15) is 39.5 Å². The quantitative estimate of drug-likeness (QED) is 0.504. The summed E-state index contributed by atoms with van der Waals surface area (Å²) in [6, 6.07) is 12.1. The maximum absolute atomic E-state index is 13.6. The SMILES string of the molecule is CCOc1ccccc1N(C(=O)Cn1nnc(-c2ccc(F)cc2)n1)[C@@H](C)C(=O)NC1CCCC1. The second kappa shape index (κ2) is 11.1. The summed E-state index contributed by atoms with van der Waals surface area (Å²) in [5.74, 6) is -0.220. The van der Waals surface area contributed by atoms with Crippen molar-refractivity contribution >= 4 is 17.5 Å². The number of carbonyl (C=O) groups is 2. The fraction of sp³-hybridized carbons (Fsp3) is 0.400. The number of hydrogen-bond donors (Lipinski definition) is 1. The first-order valence-electron chi connectivity index (χ1n) is 11.8. The molecule has 2 aromatic carbocycles. The summed E-state index contributed by atoms with van der Waals surface area (Å²) in [7, 11) is 0. The smallest absolute Gasteiger partial charge is 0.251 e. The van der Waals surface area contributed by atoms with Gasteiger partial charge in [-0.25, -0.2) is 4.39 Å². The highest BCUT2D eigenvalue weighted by Gasteiger charge is 2.31. The number of halogens is 1. The average Bonchev–Trinajstić information content (AvgIpc) is 3.53. The van der Waals surface area contributed by atoms with E-state index in [1.165, 1.54) is 21.8 Å². The minimum Gasteiger partial charge on any atom is -0.492 e. The Kier molecular flexibility index (Phi) is 7.69. The molecule has 2 amide bonds. The molecule has 1 aromatic heterocycles. The van der Waals surface area contributed by atoms with Crippen LogP contribution in [0.3, 0.4) is 0 Å². The van der Waals surface area contributed by atoms with E-state index >= 15 is 0 Å². The number of ether oxygens (including phenoxy) is 1. The summed E-state index contributed by atoms with van der Waals surface area (Å²) in [5.41, 5.74) is 1.07. The maximum Gasteiger partial charge on any atom is 0.251 e. The van der Waals surface area contributed by atoms with Crippen LogP contribution in [-0.2, 0) is 16.1 Å². The number of nitrogens with one attached hydrogen (secondary N) is 1. The normalized spacial score (nSPS) is 14.5. The summed E-state index contributed by atoms with van der Waals surface area (Å²) >= 11 is 0. The number of rotatable bonds is 9. The van der Waals surface area contributed by atoms with Crippen molar-refractivity contribution in [3.63, 3.8) is 0 Å². The van der Waals surface area contributed by atoms with Crippen LogP contribution in [0.25, 0.3) is 11.4 Å². The predicted octanol–water partition coefficient (Wildman–Crippen LogP) is 3.36. The van der Waals surface area contributed by atoms with E-state index in [-0.39, 0.29) is 30.1 Å². The molecule has 1 aliphatic rings. The summed E-state index contributed by atoms with van der Waals surface area (Å²) < 4.78 is 19.0. The number of amides is 2. The summed E-state index contributed by atoms with van der Waals surface area (Å²) in [5, 5.41) is 15.3. The fourth-order valence-electron chi connectivity index (χ4n) is 4.22. The Labute approximate surface area is 203 Å². The van der Waals surface area contributed by atoms with E-state index in [0.29, 0.717) is 23.6 Å². The van der Waals surface area contributed by atoms with E-state index in [1.54, 1.807) is 37.3 Å². The Morgan fingerprint density at radius 1 is 1.17 bits per heavy atom. The number of aromatic nitrogens is 4. The van der Waals surface area contributed by atoms with E-state index in [2.05, 4.69) is 20.7 Å². The molecule has 1 saturated carbocycles. The third-order valence-corrected chi connectivity index (χ3v) is 5.99. The van der Waals surface area contributed by atoms with Gasteiger partial charge in [0.2, 0.25) is 11.7 Å². The Bertz CT molecular complexity index is 1160. The molecule has 35 heavy (non-hydrogen) atoms. The molecule has 0 saturated heterocycles. The van der Waals surface area contributed by atoms with Crippen LogP contribution in [0.5, 0.6) is 5.75 Å². The molecule has 0 unspecified atom stereocenters. The molecule has 3 aromatic rings. The van der Waals surface area contributed by atoms with E-state index in [1.807, 2.05) is 13.0 Å². The molecule has 1 heterocycles. The zero-order chi connectivity index (χ0) is 24.8. The monoisotopic (exact) mass is 480 g/mol. The minimum atomic E-state index is -0.787. The molecule has 0 aliphatic heterocycles. The van der Waals surface area contributed by atoms with Gasteiger partial charge in [0.15, 0.2) is 0 Å². The average molecular weight is 481 g/mol. The molecular formula is C25H29FN6O3. The Balaban J connectivity index is 1.58. The molecular weight excluding hydrogens is 451 g/mol. The van der Waals surface area contributed by atoms with E-state index in [0.717, 1.165) is 25.7 Å². The lowest BCUT2D eigenvalue weighted by Crippen LogP contribution is -2.51. The van der Waals surface area contributed by atoms with Crippen LogP contribution in [0.4, 0.5) is 10.1 Å². The zero-order valence-electron chi connectivity index (χ0n) is 19.9. The van der Waals surface area contributed by atoms with Gasteiger partial charge in [0.25, 0.3) is 5.91 Å². The van der Waals surface area contributed by atoms with Gasteiger partial charge in [-0.1, -0.05) is 25.0 Å². The van der Waals surface area contributed by atoms with Gasteiger partial charge in [-0.2, -0.15) is 4.80 Å². The first kappa shape index (κ1) is 24.3. The molecule has 1 atom stereocenters. The third-order valence-electron chi connectivity index (χ3n) is 5.99. The van der Waals surface area contributed by atoms with Gasteiger partial charge in [-0.15, -0.1) is 10.2 Å². The highest BCUT2D eigenvalue weighted by Crippen LogP contribution is 2.30.